The number of carbonyl (C=O) groups is 2. The van der Waals surface area contributed by atoms with Gasteiger partial charge in [0.2, 0.25) is 11.8 Å². The molecular weight excluding hydrogens is 429 g/mol. The molecule has 0 saturated carbocycles. The summed E-state index contributed by atoms with van der Waals surface area (Å²) < 4.78 is 15.5. The summed E-state index contributed by atoms with van der Waals surface area (Å²) in [6.45, 7) is 6.68. The fourth-order valence-corrected chi connectivity index (χ4v) is 3.87. The lowest BCUT2D eigenvalue weighted by atomic mass is 10.0. The van der Waals surface area contributed by atoms with Gasteiger partial charge in [0.05, 0.1) is 17.9 Å². The number of benzene rings is 2. The van der Waals surface area contributed by atoms with Crippen LogP contribution >= 0.6 is 11.8 Å². The molecule has 0 aliphatic rings. The first-order valence-electron chi connectivity index (χ1n) is 10.4. The van der Waals surface area contributed by atoms with Gasteiger partial charge in [-0.1, -0.05) is 49.9 Å². The number of halogens is 1. The number of hydrogen-bond donors (Lipinski definition) is 2. The predicted molar refractivity (Wildman–Crippen MR) is 124 cm³/mol. The quantitative estimate of drug-likeness (QED) is 0.465. The van der Waals surface area contributed by atoms with E-state index in [-0.39, 0.29) is 23.8 Å². The van der Waals surface area contributed by atoms with Crippen LogP contribution in [-0.2, 0) is 22.6 Å². The van der Waals surface area contributed by atoms with E-state index in [4.69, 9.17) is 0 Å². The van der Waals surface area contributed by atoms with Crippen molar-refractivity contribution in [1.29, 1.82) is 0 Å². The van der Waals surface area contributed by atoms with Crippen LogP contribution < -0.4 is 10.6 Å². The third-order valence-electron chi connectivity index (χ3n) is 4.77. The van der Waals surface area contributed by atoms with E-state index in [0.29, 0.717) is 23.4 Å². The first-order valence-corrected chi connectivity index (χ1v) is 11.3. The number of amides is 2. The van der Waals surface area contributed by atoms with Crippen LogP contribution in [0.4, 0.5) is 15.8 Å². The molecule has 0 saturated heterocycles. The summed E-state index contributed by atoms with van der Waals surface area (Å²) in [5.41, 5.74) is 2.07. The second kappa shape index (κ2) is 10.9. The largest absolute Gasteiger partial charge is 0.325 e. The van der Waals surface area contributed by atoms with E-state index in [1.165, 1.54) is 29.5 Å². The van der Waals surface area contributed by atoms with Crippen LogP contribution in [0.15, 0.2) is 53.7 Å². The molecule has 2 aromatic carbocycles. The third kappa shape index (κ3) is 6.16. The normalized spacial score (nSPS) is 10.9. The molecule has 0 aliphatic heterocycles. The maximum Gasteiger partial charge on any atom is 0.234 e. The maximum atomic E-state index is 13.7. The molecule has 1 aromatic heterocycles. The van der Waals surface area contributed by atoms with Crippen LogP contribution in [0.5, 0.6) is 0 Å². The number of thioether (sulfide) groups is 1. The van der Waals surface area contributed by atoms with Crippen LogP contribution in [0.25, 0.3) is 0 Å². The van der Waals surface area contributed by atoms with Gasteiger partial charge in [-0.3, -0.25) is 9.59 Å². The lowest BCUT2D eigenvalue weighted by molar-refractivity contribution is -0.116. The van der Waals surface area contributed by atoms with Gasteiger partial charge in [0.25, 0.3) is 0 Å². The molecule has 0 atom stereocenters. The van der Waals surface area contributed by atoms with Crippen molar-refractivity contribution in [2.24, 2.45) is 0 Å². The second-order valence-electron chi connectivity index (χ2n) is 7.46. The lowest BCUT2D eigenvalue weighted by Gasteiger charge is -2.09. The zero-order valence-corrected chi connectivity index (χ0v) is 19.1. The van der Waals surface area contributed by atoms with Gasteiger partial charge >= 0.3 is 0 Å². The molecule has 0 spiro atoms. The number of nitrogens with one attached hydrogen (secondary N) is 2. The Hall–Kier alpha value is -3.20. The Kier molecular flexibility index (Phi) is 7.99. The van der Waals surface area contributed by atoms with E-state index >= 15 is 0 Å². The van der Waals surface area contributed by atoms with Crippen LogP contribution in [-0.4, -0.2) is 32.3 Å². The lowest BCUT2D eigenvalue weighted by Crippen LogP contribution is -2.18. The Morgan fingerprint density at radius 2 is 1.75 bits per heavy atom. The molecule has 168 valence electrons. The molecule has 0 fully saturated rings. The van der Waals surface area contributed by atoms with Crippen LogP contribution in [0.1, 0.15) is 38.1 Å². The van der Waals surface area contributed by atoms with E-state index in [1.54, 1.807) is 16.7 Å². The second-order valence-corrected chi connectivity index (χ2v) is 8.40. The summed E-state index contributed by atoms with van der Waals surface area (Å²) >= 11 is 1.25. The van der Waals surface area contributed by atoms with E-state index in [1.807, 2.05) is 31.2 Å². The molecule has 2 N–H and O–H groups in total. The Morgan fingerprint density at radius 3 is 2.41 bits per heavy atom. The molecule has 7 nitrogen and oxygen atoms in total. The molecule has 0 aliphatic carbocycles. The zero-order chi connectivity index (χ0) is 23.1. The van der Waals surface area contributed by atoms with Gasteiger partial charge in [-0.05, 0) is 42.7 Å². The summed E-state index contributed by atoms with van der Waals surface area (Å²) in [5, 5.41) is 14.2. The minimum atomic E-state index is -0.501. The Labute approximate surface area is 190 Å². The van der Waals surface area contributed by atoms with Crippen molar-refractivity contribution >= 4 is 35.0 Å². The smallest absolute Gasteiger partial charge is 0.234 e. The molecule has 3 rings (SSSR count). The van der Waals surface area contributed by atoms with Crippen molar-refractivity contribution in [2.75, 3.05) is 16.4 Å². The van der Waals surface area contributed by atoms with Gasteiger partial charge in [0.15, 0.2) is 5.16 Å². The molecule has 0 unspecified atom stereocenters. The van der Waals surface area contributed by atoms with Crippen LogP contribution in [0.2, 0.25) is 0 Å². The van der Waals surface area contributed by atoms with Crippen LogP contribution in [0, 0.1) is 5.82 Å². The average molecular weight is 456 g/mol. The van der Waals surface area contributed by atoms with Crippen molar-refractivity contribution in [2.45, 2.75) is 44.8 Å². The summed E-state index contributed by atoms with van der Waals surface area (Å²) in [6.07, 6.45) is -0.0515. The summed E-state index contributed by atoms with van der Waals surface area (Å²) in [5.74, 6) is -0.00912. The van der Waals surface area contributed by atoms with Gasteiger partial charge in [0.1, 0.15) is 11.6 Å². The van der Waals surface area contributed by atoms with Crippen molar-refractivity contribution in [3.05, 3.63) is 65.7 Å². The third-order valence-corrected chi connectivity index (χ3v) is 5.74. The van der Waals surface area contributed by atoms with E-state index < -0.39 is 11.7 Å². The Morgan fingerprint density at radius 1 is 1.03 bits per heavy atom. The Balaban J connectivity index is 1.56. The van der Waals surface area contributed by atoms with Crippen LogP contribution in [0.3, 0.4) is 0 Å². The maximum absolute atomic E-state index is 13.7. The number of aromatic nitrogens is 3. The monoisotopic (exact) mass is 455 g/mol. The minimum Gasteiger partial charge on any atom is -0.325 e. The average Bonchev–Trinajstić information content (AvgIpc) is 3.15. The van der Waals surface area contributed by atoms with E-state index in [9.17, 15) is 14.0 Å². The molecule has 3 aromatic rings. The SMILES string of the molecule is CCn1c(CC(=O)Nc2ccccc2F)nnc1SCC(=O)Nc1ccc(C(C)C)cc1. The molecule has 1 heterocycles. The zero-order valence-electron chi connectivity index (χ0n) is 18.3. The highest BCUT2D eigenvalue weighted by Gasteiger charge is 2.17. The minimum absolute atomic E-state index is 0.0515. The number of hydrogen-bond acceptors (Lipinski definition) is 5. The number of anilines is 2. The molecule has 0 bridgehead atoms. The highest BCUT2D eigenvalue weighted by Crippen LogP contribution is 2.20. The molecule has 0 radical (unpaired) electrons. The van der Waals surface area contributed by atoms with E-state index in [2.05, 4.69) is 34.7 Å². The first-order chi connectivity index (χ1) is 15.4. The highest BCUT2D eigenvalue weighted by molar-refractivity contribution is 7.99. The van der Waals surface area contributed by atoms with Crippen molar-refractivity contribution in [1.82, 2.24) is 14.8 Å². The van der Waals surface area contributed by atoms with E-state index in [0.717, 1.165) is 5.69 Å². The van der Waals surface area contributed by atoms with Gasteiger partial charge in [-0.25, -0.2) is 4.39 Å². The molecular formula is C23H26FN5O2S. The van der Waals surface area contributed by atoms with Gasteiger partial charge in [-0.15, -0.1) is 10.2 Å². The number of rotatable bonds is 9. The number of para-hydroxylation sites is 1. The fourth-order valence-electron chi connectivity index (χ4n) is 3.05. The summed E-state index contributed by atoms with van der Waals surface area (Å²) in [6, 6.07) is 13.7. The first kappa shape index (κ1) is 23.5. The topological polar surface area (TPSA) is 88.9 Å². The summed E-state index contributed by atoms with van der Waals surface area (Å²) in [4.78, 5) is 24.7. The van der Waals surface area contributed by atoms with Gasteiger partial charge in [-0.2, -0.15) is 0 Å². The predicted octanol–water partition coefficient (Wildman–Crippen LogP) is 4.47. The molecule has 2 amide bonds. The standard InChI is InChI=1S/C23H26FN5O2S/c1-4-29-20(13-21(30)26-19-8-6-5-7-18(19)24)27-28-23(29)32-14-22(31)25-17-11-9-16(10-12-17)15(2)3/h5-12,15H,4,13-14H2,1-3H3,(H,25,31)(H,26,30). The van der Waals surface area contributed by atoms with Crippen molar-refractivity contribution < 1.29 is 14.0 Å². The molecule has 9 heteroatoms. The van der Waals surface area contributed by atoms with Gasteiger partial charge in [0, 0.05) is 12.2 Å². The van der Waals surface area contributed by atoms with Crippen molar-refractivity contribution in [3.63, 3.8) is 0 Å². The number of carbonyl (C=O) groups excluding carboxylic acids is 2. The Bertz CT molecular complexity index is 1080. The highest BCUT2D eigenvalue weighted by atomic mass is 32.2. The number of nitrogens with zero attached hydrogens (tertiary/aromatic N) is 3. The summed E-state index contributed by atoms with van der Waals surface area (Å²) in [7, 11) is 0. The molecule has 32 heavy (non-hydrogen) atoms. The fraction of sp³-hybridized carbons (Fsp3) is 0.304. The van der Waals surface area contributed by atoms with Gasteiger partial charge < -0.3 is 15.2 Å². The van der Waals surface area contributed by atoms with Crippen molar-refractivity contribution in [3.8, 4) is 0 Å².